The standard InChI is InChI=1S/C14H18O2/c15-14-3-1-2-11-6-7-12(8-13(11)14)16-9-10-4-5-10/h6-8,10,14-15H,1-5,9H2. The summed E-state index contributed by atoms with van der Waals surface area (Å²) in [6.07, 6.45) is 5.42. The highest BCUT2D eigenvalue weighted by Gasteiger charge is 2.23. The zero-order chi connectivity index (χ0) is 11.0. The first-order valence-corrected chi connectivity index (χ1v) is 6.26. The minimum Gasteiger partial charge on any atom is -0.493 e. The molecular weight excluding hydrogens is 200 g/mol. The van der Waals surface area contributed by atoms with Crippen LogP contribution in [0.15, 0.2) is 18.2 Å². The molecule has 0 amide bonds. The molecule has 2 aliphatic carbocycles. The van der Waals surface area contributed by atoms with Gasteiger partial charge in [0.1, 0.15) is 5.75 Å². The fraction of sp³-hybridized carbons (Fsp3) is 0.571. The summed E-state index contributed by atoms with van der Waals surface area (Å²) in [5.41, 5.74) is 2.37. The molecule has 0 radical (unpaired) electrons. The fourth-order valence-electron chi connectivity index (χ4n) is 2.34. The third-order valence-corrected chi connectivity index (χ3v) is 3.58. The third-order valence-electron chi connectivity index (χ3n) is 3.58. The molecule has 2 heteroatoms. The Morgan fingerprint density at radius 3 is 2.94 bits per heavy atom. The van der Waals surface area contributed by atoms with E-state index < -0.39 is 0 Å². The van der Waals surface area contributed by atoms with Crippen LogP contribution >= 0.6 is 0 Å². The molecule has 1 N–H and O–H groups in total. The van der Waals surface area contributed by atoms with Gasteiger partial charge in [-0.2, -0.15) is 0 Å². The molecule has 1 unspecified atom stereocenters. The van der Waals surface area contributed by atoms with Crippen LogP contribution in [0.25, 0.3) is 0 Å². The Kier molecular flexibility index (Phi) is 2.60. The van der Waals surface area contributed by atoms with Crippen LogP contribution in [0.2, 0.25) is 0 Å². The van der Waals surface area contributed by atoms with Gasteiger partial charge in [-0.1, -0.05) is 6.07 Å². The van der Waals surface area contributed by atoms with E-state index in [2.05, 4.69) is 6.07 Å². The summed E-state index contributed by atoms with van der Waals surface area (Å²) in [5.74, 6) is 1.70. The van der Waals surface area contributed by atoms with Gasteiger partial charge in [-0.05, 0) is 61.3 Å². The van der Waals surface area contributed by atoms with E-state index in [9.17, 15) is 5.11 Å². The Morgan fingerprint density at radius 1 is 1.25 bits per heavy atom. The zero-order valence-electron chi connectivity index (χ0n) is 9.48. The Bertz CT molecular complexity index is 382. The minimum atomic E-state index is -0.284. The average molecular weight is 218 g/mol. The van der Waals surface area contributed by atoms with Gasteiger partial charge in [0.15, 0.2) is 0 Å². The Hall–Kier alpha value is -1.02. The first-order valence-electron chi connectivity index (χ1n) is 6.26. The summed E-state index contributed by atoms with van der Waals surface area (Å²) in [7, 11) is 0. The van der Waals surface area contributed by atoms with Gasteiger partial charge < -0.3 is 9.84 Å². The number of fused-ring (bicyclic) bond motifs is 1. The minimum absolute atomic E-state index is 0.284. The average Bonchev–Trinajstić information content (AvgIpc) is 3.11. The van der Waals surface area contributed by atoms with Crippen LogP contribution in [-0.4, -0.2) is 11.7 Å². The van der Waals surface area contributed by atoms with Crippen molar-refractivity contribution in [2.75, 3.05) is 6.61 Å². The first-order chi connectivity index (χ1) is 7.83. The van der Waals surface area contributed by atoms with Gasteiger partial charge in [-0.15, -0.1) is 0 Å². The second kappa shape index (κ2) is 4.10. The summed E-state index contributed by atoms with van der Waals surface area (Å²) in [6, 6.07) is 6.18. The first kappa shape index (κ1) is 10.2. The molecule has 0 heterocycles. The van der Waals surface area contributed by atoms with Gasteiger partial charge in [-0.3, -0.25) is 0 Å². The molecule has 1 aromatic rings. The molecule has 2 aliphatic rings. The molecule has 1 atom stereocenters. The molecule has 16 heavy (non-hydrogen) atoms. The van der Waals surface area contributed by atoms with Crippen molar-refractivity contribution in [1.29, 1.82) is 0 Å². The zero-order valence-corrected chi connectivity index (χ0v) is 9.48. The second-order valence-corrected chi connectivity index (χ2v) is 5.02. The van der Waals surface area contributed by atoms with E-state index in [4.69, 9.17) is 4.74 Å². The van der Waals surface area contributed by atoms with Crippen LogP contribution in [-0.2, 0) is 6.42 Å². The lowest BCUT2D eigenvalue weighted by atomic mass is 9.89. The van der Waals surface area contributed by atoms with Gasteiger partial charge in [0.05, 0.1) is 12.7 Å². The number of benzene rings is 1. The smallest absolute Gasteiger partial charge is 0.119 e. The molecule has 86 valence electrons. The molecule has 0 spiro atoms. The van der Waals surface area contributed by atoms with Crippen molar-refractivity contribution in [3.8, 4) is 5.75 Å². The van der Waals surface area contributed by atoms with Crippen molar-refractivity contribution in [3.05, 3.63) is 29.3 Å². The van der Waals surface area contributed by atoms with Crippen LogP contribution in [0.3, 0.4) is 0 Å². The highest BCUT2D eigenvalue weighted by molar-refractivity contribution is 5.38. The molecule has 1 saturated carbocycles. The van der Waals surface area contributed by atoms with Gasteiger partial charge in [0.2, 0.25) is 0 Å². The molecule has 1 fully saturated rings. The highest BCUT2D eigenvalue weighted by Crippen LogP contribution is 2.33. The van der Waals surface area contributed by atoms with Crippen LogP contribution in [0.1, 0.15) is 42.9 Å². The van der Waals surface area contributed by atoms with Gasteiger partial charge in [0.25, 0.3) is 0 Å². The van der Waals surface area contributed by atoms with E-state index in [1.807, 2.05) is 12.1 Å². The topological polar surface area (TPSA) is 29.5 Å². The molecule has 3 rings (SSSR count). The van der Waals surface area contributed by atoms with E-state index >= 15 is 0 Å². The van der Waals surface area contributed by atoms with Crippen molar-refractivity contribution in [1.82, 2.24) is 0 Å². The summed E-state index contributed by atoms with van der Waals surface area (Å²) >= 11 is 0. The van der Waals surface area contributed by atoms with Crippen molar-refractivity contribution in [2.45, 2.75) is 38.2 Å². The molecule has 0 aliphatic heterocycles. The molecular formula is C14H18O2. The predicted octanol–water partition coefficient (Wildman–Crippen LogP) is 2.85. The van der Waals surface area contributed by atoms with Crippen molar-refractivity contribution < 1.29 is 9.84 Å². The quantitative estimate of drug-likeness (QED) is 0.845. The Morgan fingerprint density at radius 2 is 2.12 bits per heavy atom. The maximum atomic E-state index is 9.92. The van der Waals surface area contributed by atoms with E-state index in [0.717, 1.165) is 43.1 Å². The molecule has 0 saturated heterocycles. The van der Waals surface area contributed by atoms with E-state index in [-0.39, 0.29) is 6.10 Å². The van der Waals surface area contributed by atoms with E-state index in [0.29, 0.717) is 0 Å². The van der Waals surface area contributed by atoms with Crippen LogP contribution in [0, 0.1) is 5.92 Å². The number of aliphatic hydroxyl groups is 1. The second-order valence-electron chi connectivity index (χ2n) is 5.02. The SMILES string of the molecule is OC1CCCc2ccc(OCC3CC3)cc21. The highest BCUT2D eigenvalue weighted by atomic mass is 16.5. The fourth-order valence-corrected chi connectivity index (χ4v) is 2.34. The maximum absolute atomic E-state index is 9.92. The summed E-state index contributed by atoms with van der Waals surface area (Å²) in [6.45, 7) is 0.842. The lowest BCUT2D eigenvalue weighted by Crippen LogP contribution is -2.09. The lowest BCUT2D eigenvalue weighted by Gasteiger charge is -2.21. The van der Waals surface area contributed by atoms with E-state index in [1.165, 1.54) is 18.4 Å². The number of ether oxygens (including phenoxy) is 1. The molecule has 1 aromatic carbocycles. The number of rotatable bonds is 3. The number of aryl methyl sites for hydroxylation is 1. The summed E-state index contributed by atoms with van der Waals surface area (Å²) in [5, 5.41) is 9.92. The maximum Gasteiger partial charge on any atom is 0.119 e. The van der Waals surface area contributed by atoms with Crippen LogP contribution in [0.4, 0.5) is 0 Å². The van der Waals surface area contributed by atoms with Crippen LogP contribution in [0.5, 0.6) is 5.75 Å². The monoisotopic (exact) mass is 218 g/mol. The van der Waals surface area contributed by atoms with Crippen molar-refractivity contribution in [2.24, 2.45) is 5.92 Å². The van der Waals surface area contributed by atoms with Crippen LogP contribution < -0.4 is 4.74 Å². The van der Waals surface area contributed by atoms with Gasteiger partial charge in [-0.25, -0.2) is 0 Å². The number of hydrogen-bond acceptors (Lipinski definition) is 2. The lowest BCUT2D eigenvalue weighted by molar-refractivity contribution is 0.156. The predicted molar refractivity (Wildman–Crippen MR) is 62.6 cm³/mol. The molecule has 2 nitrogen and oxygen atoms in total. The number of aliphatic hydroxyl groups excluding tert-OH is 1. The Balaban J connectivity index is 1.76. The largest absolute Gasteiger partial charge is 0.493 e. The third kappa shape index (κ3) is 2.07. The normalized spacial score (nSPS) is 23.9. The van der Waals surface area contributed by atoms with Gasteiger partial charge in [0, 0.05) is 0 Å². The molecule has 0 aromatic heterocycles. The van der Waals surface area contributed by atoms with Crippen molar-refractivity contribution >= 4 is 0 Å². The van der Waals surface area contributed by atoms with Gasteiger partial charge >= 0.3 is 0 Å². The molecule has 0 bridgehead atoms. The van der Waals surface area contributed by atoms with Crippen molar-refractivity contribution in [3.63, 3.8) is 0 Å². The summed E-state index contributed by atoms with van der Waals surface area (Å²) in [4.78, 5) is 0. The number of hydrogen-bond donors (Lipinski definition) is 1. The summed E-state index contributed by atoms with van der Waals surface area (Å²) < 4.78 is 5.73. The Labute approximate surface area is 96.2 Å². The van der Waals surface area contributed by atoms with E-state index in [1.54, 1.807) is 0 Å².